The van der Waals surface area contributed by atoms with Gasteiger partial charge in [-0.15, -0.1) is 0 Å². The van der Waals surface area contributed by atoms with Crippen LogP contribution in [0.1, 0.15) is 17.0 Å². The maximum absolute atomic E-state index is 13.7. The van der Waals surface area contributed by atoms with Gasteiger partial charge in [0.1, 0.15) is 23.3 Å². The van der Waals surface area contributed by atoms with E-state index in [2.05, 4.69) is 15.4 Å². The number of nitrogen functional groups attached to an aromatic ring is 1. The molecule has 2 aromatic rings. The number of hydrogen-bond acceptors (Lipinski definition) is 5. The van der Waals surface area contributed by atoms with Gasteiger partial charge in [0.2, 0.25) is 0 Å². The Hall–Kier alpha value is -2.21. The van der Waals surface area contributed by atoms with Crippen LogP contribution in [0.3, 0.4) is 0 Å². The van der Waals surface area contributed by atoms with Gasteiger partial charge in [0.05, 0.1) is 0 Å². The molecule has 0 spiro atoms. The van der Waals surface area contributed by atoms with E-state index in [1.54, 1.807) is 19.1 Å². The molecule has 0 aliphatic carbocycles. The minimum atomic E-state index is -0.222. The molecule has 0 saturated carbocycles. The van der Waals surface area contributed by atoms with Crippen molar-refractivity contribution in [2.24, 2.45) is 5.84 Å². The third-order valence-corrected chi connectivity index (χ3v) is 3.10. The molecule has 0 bridgehead atoms. The summed E-state index contributed by atoms with van der Waals surface area (Å²) < 4.78 is 13.7. The summed E-state index contributed by atoms with van der Waals surface area (Å²) in [6.45, 7) is 4.09. The van der Waals surface area contributed by atoms with E-state index in [-0.39, 0.29) is 5.82 Å². The van der Waals surface area contributed by atoms with Crippen LogP contribution in [0.4, 0.5) is 16.0 Å². The number of nitrogens with one attached hydrogen (secondary N) is 1. The van der Waals surface area contributed by atoms with Crippen LogP contribution in [-0.4, -0.2) is 17.0 Å². The number of rotatable bonds is 4. The van der Waals surface area contributed by atoms with E-state index in [0.717, 1.165) is 11.4 Å². The number of nitrogens with zero attached hydrogens (tertiary/aromatic N) is 3. The van der Waals surface area contributed by atoms with E-state index < -0.39 is 0 Å². The van der Waals surface area contributed by atoms with Crippen LogP contribution in [0.5, 0.6) is 0 Å². The lowest BCUT2D eigenvalue weighted by Gasteiger charge is -2.22. The summed E-state index contributed by atoms with van der Waals surface area (Å²) in [7, 11) is 1.86. The van der Waals surface area contributed by atoms with Crippen molar-refractivity contribution in [2.45, 2.75) is 20.4 Å². The summed E-state index contributed by atoms with van der Waals surface area (Å²) in [6, 6.07) is 6.71. The Morgan fingerprint density at radius 1 is 1.25 bits per heavy atom. The van der Waals surface area contributed by atoms with Gasteiger partial charge in [-0.2, -0.15) is 0 Å². The number of hydrogen-bond donors (Lipinski definition) is 2. The van der Waals surface area contributed by atoms with E-state index in [9.17, 15) is 4.39 Å². The van der Waals surface area contributed by atoms with E-state index in [4.69, 9.17) is 5.84 Å². The average molecular weight is 275 g/mol. The second-order valence-corrected chi connectivity index (χ2v) is 4.66. The number of hydrazine groups is 1. The molecule has 5 nitrogen and oxygen atoms in total. The fourth-order valence-corrected chi connectivity index (χ4v) is 2.08. The van der Waals surface area contributed by atoms with Crippen molar-refractivity contribution < 1.29 is 4.39 Å². The maximum atomic E-state index is 13.7. The monoisotopic (exact) mass is 275 g/mol. The predicted octanol–water partition coefficient (Wildman–Crippen LogP) is 2.15. The van der Waals surface area contributed by atoms with Crippen molar-refractivity contribution in [3.8, 4) is 0 Å². The zero-order valence-corrected chi connectivity index (χ0v) is 11.8. The van der Waals surface area contributed by atoms with Crippen molar-refractivity contribution in [2.75, 3.05) is 17.4 Å². The number of aromatic nitrogens is 2. The summed E-state index contributed by atoms with van der Waals surface area (Å²) in [5.74, 6) is 7.14. The molecule has 0 radical (unpaired) electrons. The topological polar surface area (TPSA) is 67.1 Å². The van der Waals surface area contributed by atoms with Crippen molar-refractivity contribution in [1.82, 2.24) is 9.97 Å². The highest BCUT2D eigenvalue weighted by Gasteiger charge is 2.13. The van der Waals surface area contributed by atoms with Crippen LogP contribution in [0.2, 0.25) is 0 Å². The first-order valence-corrected chi connectivity index (χ1v) is 6.29. The molecular formula is C14H18FN5. The van der Waals surface area contributed by atoms with Crippen LogP contribution in [0.25, 0.3) is 0 Å². The highest BCUT2D eigenvalue weighted by molar-refractivity contribution is 5.58. The predicted molar refractivity (Wildman–Crippen MR) is 77.8 cm³/mol. The smallest absolute Gasteiger partial charge is 0.148 e. The van der Waals surface area contributed by atoms with Crippen molar-refractivity contribution >= 4 is 11.6 Å². The first-order valence-electron chi connectivity index (χ1n) is 6.29. The molecule has 0 atom stereocenters. The highest BCUT2D eigenvalue weighted by atomic mass is 19.1. The zero-order valence-electron chi connectivity index (χ0n) is 11.8. The fourth-order valence-electron chi connectivity index (χ4n) is 2.08. The first-order chi connectivity index (χ1) is 9.52. The van der Waals surface area contributed by atoms with E-state index in [1.165, 1.54) is 6.07 Å². The van der Waals surface area contributed by atoms with Crippen molar-refractivity contribution in [3.63, 3.8) is 0 Å². The summed E-state index contributed by atoms with van der Waals surface area (Å²) in [5, 5.41) is 0. The molecule has 1 heterocycles. The van der Waals surface area contributed by atoms with E-state index >= 15 is 0 Å². The van der Waals surface area contributed by atoms with Crippen LogP contribution in [0, 0.1) is 19.7 Å². The lowest BCUT2D eigenvalue weighted by molar-refractivity contribution is 0.607. The van der Waals surface area contributed by atoms with Gasteiger partial charge in [0, 0.05) is 24.7 Å². The van der Waals surface area contributed by atoms with Gasteiger partial charge in [0.15, 0.2) is 0 Å². The Morgan fingerprint density at radius 3 is 2.60 bits per heavy atom. The standard InChI is InChI=1S/C14H18FN5/c1-9-13(19-16)17-10(2)18-14(9)20(3)8-11-6-4-5-7-12(11)15/h4-7H,8,16H2,1-3H3,(H,17,18,19). The molecule has 2 rings (SSSR count). The molecule has 0 fully saturated rings. The van der Waals surface area contributed by atoms with Crippen LogP contribution in [0.15, 0.2) is 24.3 Å². The van der Waals surface area contributed by atoms with Crippen molar-refractivity contribution in [1.29, 1.82) is 0 Å². The van der Waals surface area contributed by atoms with Gasteiger partial charge in [-0.3, -0.25) is 0 Å². The molecule has 0 saturated heterocycles. The number of benzene rings is 1. The summed E-state index contributed by atoms with van der Waals surface area (Å²) >= 11 is 0. The zero-order chi connectivity index (χ0) is 14.7. The lowest BCUT2D eigenvalue weighted by atomic mass is 10.2. The third-order valence-electron chi connectivity index (χ3n) is 3.10. The minimum Gasteiger partial charge on any atom is -0.355 e. The second-order valence-electron chi connectivity index (χ2n) is 4.66. The normalized spacial score (nSPS) is 10.4. The molecule has 1 aromatic heterocycles. The summed E-state index contributed by atoms with van der Waals surface area (Å²) in [6.07, 6.45) is 0. The van der Waals surface area contributed by atoms with Gasteiger partial charge in [-0.05, 0) is 19.9 Å². The number of anilines is 2. The average Bonchev–Trinajstić information content (AvgIpc) is 2.43. The Labute approximate surface area is 117 Å². The quantitative estimate of drug-likeness (QED) is 0.661. The molecule has 106 valence electrons. The molecule has 0 aliphatic rings. The molecule has 3 N–H and O–H groups in total. The van der Waals surface area contributed by atoms with Crippen LogP contribution in [-0.2, 0) is 6.54 Å². The number of aryl methyl sites for hydroxylation is 1. The fraction of sp³-hybridized carbons (Fsp3) is 0.286. The largest absolute Gasteiger partial charge is 0.355 e. The molecule has 0 unspecified atom stereocenters. The third kappa shape index (κ3) is 2.85. The molecule has 20 heavy (non-hydrogen) atoms. The van der Waals surface area contributed by atoms with Crippen molar-refractivity contribution in [3.05, 3.63) is 47.0 Å². The molecule has 0 aliphatic heterocycles. The molecular weight excluding hydrogens is 257 g/mol. The SMILES string of the molecule is Cc1nc(NN)c(C)c(N(C)Cc2ccccc2F)n1. The number of halogens is 1. The first kappa shape index (κ1) is 14.2. The second kappa shape index (κ2) is 5.83. The van der Waals surface area contributed by atoms with Gasteiger partial charge < -0.3 is 10.3 Å². The summed E-state index contributed by atoms with van der Waals surface area (Å²) in [5.41, 5.74) is 4.00. The number of nitrogens with two attached hydrogens (primary N) is 1. The Bertz CT molecular complexity index is 615. The Morgan fingerprint density at radius 2 is 1.95 bits per heavy atom. The maximum Gasteiger partial charge on any atom is 0.148 e. The van der Waals surface area contributed by atoms with Gasteiger partial charge in [-0.1, -0.05) is 18.2 Å². The highest BCUT2D eigenvalue weighted by Crippen LogP contribution is 2.23. The molecule has 0 amide bonds. The lowest BCUT2D eigenvalue weighted by Crippen LogP contribution is -2.22. The molecule has 1 aromatic carbocycles. The van der Waals surface area contributed by atoms with E-state index in [1.807, 2.05) is 24.9 Å². The Balaban J connectivity index is 2.32. The van der Waals surface area contributed by atoms with Gasteiger partial charge in [-0.25, -0.2) is 20.2 Å². The van der Waals surface area contributed by atoms with Crippen LogP contribution < -0.4 is 16.2 Å². The van der Waals surface area contributed by atoms with E-state index in [0.29, 0.717) is 23.8 Å². The van der Waals surface area contributed by atoms with Crippen LogP contribution >= 0.6 is 0 Å². The molecule has 6 heteroatoms. The van der Waals surface area contributed by atoms with Gasteiger partial charge in [0.25, 0.3) is 0 Å². The Kier molecular flexibility index (Phi) is 4.14. The minimum absolute atomic E-state index is 0.222. The summed E-state index contributed by atoms with van der Waals surface area (Å²) in [4.78, 5) is 10.5. The van der Waals surface area contributed by atoms with Gasteiger partial charge >= 0.3 is 0 Å².